The van der Waals surface area contributed by atoms with E-state index in [0.717, 1.165) is 10.1 Å². The van der Waals surface area contributed by atoms with E-state index in [2.05, 4.69) is 4.98 Å². The van der Waals surface area contributed by atoms with Crippen LogP contribution in [0, 0.1) is 0 Å². The number of fused-ring (bicyclic) bond motifs is 1. The predicted molar refractivity (Wildman–Crippen MR) is 129 cm³/mol. The molecule has 34 heavy (non-hydrogen) atoms. The van der Waals surface area contributed by atoms with Crippen LogP contribution in [0.15, 0.2) is 78.0 Å². The van der Waals surface area contributed by atoms with Crippen molar-refractivity contribution in [2.75, 3.05) is 19.7 Å². The molecule has 8 nitrogen and oxygen atoms in total. The molecule has 1 unspecified atom stereocenters. The summed E-state index contributed by atoms with van der Waals surface area (Å²) in [6, 6.07) is 17.3. The van der Waals surface area contributed by atoms with E-state index in [4.69, 9.17) is 15.2 Å². The standard InChI is InChI=1S/C24H21N3O5S2/c25-24(28)23-22(19-3-1-2-4-21(19)33-23)20-15-27(13-14-31-20)34(29,30)18-7-5-16(6-8-18)32-17-9-11-26-12-10-17/h1-12,20H,13-15H2,(H2,25,28). The van der Waals surface area contributed by atoms with Gasteiger partial charge in [-0.2, -0.15) is 4.31 Å². The van der Waals surface area contributed by atoms with Crippen LogP contribution in [0.2, 0.25) is 0 Å². The third-order valence-electron chi connectivity index (χ3n) is 5.56. The molecule has 1 atom stereocenters. The van der Waals surface area contributed by atoms with Crippen molar-refractivity contribution < 1.29 is 22.7 Å². The van der Waals surface area contributed by atoms with Crippen LogP contribution >= 0.6 is 11.3 Å². The summed E-state index contributed by atoms with van der Waals surface area (Å²) < 4.78 is 40.7. The molecule has 2 aromatic heterocycles. The summed E-state index contributed by atoms with van der Waals surface area (Å²) in [6.45, 7) is 0.496. The Labute approximate surface area is 200 Å². The molecule has 2 aromatic carbocycles. The van der Waals surface area contributed by atoms with Gasteiger partial charge in [0.25, 0.3) is 5.91 Å². The minimum atomic E-state index is -3.79. The summed E-state index contributed by atoms with van der Waals surface area (Å²) in [7, 11) is -3.79. The number of nitrogens with two attached hydrogens (primary N) is 1. The van der Waals surface area contributed by atoms with E-state index >= 15 is 0 Å². The molecule has 0 spiro atoms. The molecule has 4 aromatic rings. The molecule has 1 fully saturated rings. The van der Waals surface area contributed by atoms with E-state index in [9.17, 15) is 13.2 Å². The fourth-order valence-corrected chi connectivity index (χ4v) is 6.49. The highest BCUT2D eigenvalue weighted by Crippen LogP contribution is 2.38. The molecule has 1 aliphatic heterocycles. The number of carbonyl (C=O) groups is 1. The Balaban J connectivity index is 1.40. The second kappa shape index (κ2) is 9.15. The smallest absolute Gasteiger partial charge is 0.259 e. The first-order chi connectivity index (χ1) is 16.4. The molecule has 0 saturated carbocycles. The maximum absolute atomic E-state index is 13.4. The molecule has 5 rings (SSSR count). The number of carbonyl (C=O) groups excluding carboxylic acids is 1. The zero-order valence-electron chi connectivity index (χ0n) is 18.0. The molecule has 174 valence electrons. The Morgan fingerprint density at radius 1 is 1.06 bits per heavy atom. The van der Waals surface area contributed by atoms with Crippen molar-refractivity contribution in [1.82, 2.24) is 9.29 Å². The van der Waals surface area contributed by atoms with Crippen LogP contribution in [0.3, 0.4) is 0 Å². The third-order valence-corrected chi connectivity index (χ3v) is 8.64. The number of morpholine rings is 1. The lowest BCUT2D eigenvalue weighted by atomic mass is 10.0. The second-order valence-electron chi connectivity index (χ2n) is 7.68. The van der Waals surface area contributed by atoms with Gasteiger partial charge < -0.3 is 15.2 Å². The van der Waals surface area contributed by atoms with Crippen LogP contribution in [0.5, 0.6) is 11.5 Å². The highest BCUT2D eigenvalue weighted by Gasteiger charge is 2.34. The van der Waals surface area contributed by atoms with Crippen molar-refractivity contribution >= 4 is 37.4 Å². The molecule has 1 amide bonds. The number of hydrogen-bond donors (Lipinski definition) is 1. The number of rotatable bonds is 6. The summed E-state index contributed by atoms with van der Waals surface area (Å²) >= 11 is 1.29. The Bertz CT molecular complexity index is 1440. The molecule has 2 N–H and O–H groups in total. The second-order valence-corrected chi connectivity index (χ2v) is 10.7. The quantitative estimate of drug-likeness (QED) is 0.434. The third kappa shape index (κ3) is 4.28. The van der Waals surface area contributed by atoms with Crippen molar-refractivity contribution in [2.24, 2.45) is 5.73 Å². The first-order valence-electron chi connectivity index (χ1n) is 10.5. The topological polar surface area (TPSA) is 112 Å². The van der Waals surface area contributed by atoms with Crippen LogP contribution in [0.1, 0.15) is 21.3 Å². The van der Waals surface area contributed by atoms with Gasteiger partial charge in [0.05, 0.1) is 22.5 Å². The van der Waals surface area contributed by atoms with E-state index in [1.54, 1.807) is 36.7 Å². The predicted octanol–water partition coefficient (Wildman–Crippen LogP) is 3.95. The van der Waals surface area contributed by atoms with E-state index in [-0.39, 0.29) is 24.6 Å². The van der Waals surface area contributed by atoms with Gasteiger partial charge in [-0.1, -0.05) is 18.2 Å². The van der Waals surface area contributed by atoms with Gasteiger partial charge in [0.2, 0.25) is 10.0 Å². The summed E-state index contributed by atoms with van der Waals surface area (Å²) in [5, 5.41) is 0.850. The fourth-order valence-electron chi connectivity index (χ4n) is 3.96. The van der Waals surface area contributed by atoms with E-state index in [0.29, 0.717) is 21.9 Å². The summed E-state index contributed by atoms with van der Waals surface area (Å²) in [4.78, 5) is 16.6. The zero-order valence-corrected chi connectivity index (χ0v) is 19.6. The average molecular weight is 496 g/mol. The first-order valence-corrected chi connectivity index (χ1v) is 12.8. The zero-order chi connectivity index (χ0) is 23.7. The average Bonchev–Trinajstić information content (AvgIpc) is 3.25. The van der Waals surface area contributed by atoms with Crippen LogP contribution in [-0.2, 0) is 14.8 Å². The van der Waals surface area contributed by atoms with Gasteiger partial charge in [-0.15, -0.1) is 11.3 Å². The summed E-state index contributed by atoms with van der Waals surface area (Å²) in [6.07, 6.45) is 2.63. The van der Waals surface area contributed by atoms with Crippen molar-refractivity contribution in [1.29, 1.82) is 0 Å². The molecule has 1 saturated heterocycles. The van der Waals surface area contributed by atoms with Crippen molar-refractivity contribution in [3.63, 3.8) is 0 Å². The van der Waals surface area contributed by atoms with Gasteiger partial charge in [0.15, 0.2) is 0 Å². The number of aromatic nitrogens is 1. The molecule has 0 radical (unpaired) electrons. The lowest BCUT2D eigenvalue weighted by Crippen LogP contribution is -2.42. The van der Waals surface area contributed by atoms with Gasteiger partial charge in [-0.3, -0.25) is 9.78 Å². The number of primary amides is 1. The monoisotopic (exact) mass is 495 g/mol. The van der Waals surface area contributed by atoms with Crippen molar-refractivity contribution in [3.8, 4) is 11.5 Å². The molecular weight excluding hydrogens is 474 g/mol. The number of hydrogen-bond acceptors (Lipinski definition) is 7. The van der Waals surface area contributed by atoms with Gasteiger partial charge in [0.1, 0.15) is 11.5 Å². The minimum Gasteiger partial charge on any atom is -0.457 e. The SMILES string of the molecule is NC(=O)c1sc2ccccc2c1C1CN(S(=O)(=O)c2ccc(Oc3ccncc3)cc2)CCO1. The summed E-state index contributed by atoms with van der Waals surface area (Å²) in [5.41, 5.74) is 6.28. The lowest BCUT2D eigenvalue weighted by Gasteiger charge is -2.32. The number of thiophene rings is 1. The number of ether oxygens (including phenoxy) is 2. The highest BCUT2D eigenvalue weighted by molar-refractivity contribution is 7.89. The first kappa shape index (κ1) is 22.5. The number of pyridine rings is 1. The minimum absolute atomic E-state index is 0.0820. The van der Waals surface area contributed by atoms with Gasteiger partial charge in [-0.25, -0.2) is 8.42 Å². The van der Waals surface area contributed by atoms with Crippen LogP contribution in [0.25, 0.3) is 10.1 Å². The maximum Gasteiger partial charge on any atom is 0.259 e. The van der Waals surface area contributed by atoms with E-state index < -0.39 is 22.0 Å². The molecular formula is C24H21N3O5S2. The molecule has 0 bridgehead atoms. The van der Waals surface area contributed by atoms with Crippen LogP contribution in [-0.4, -0.2) is 43.3 Å². The molecule has 1 aliphatic rings. The van der Waals surface area contributed by atoms with Crippen molar-refractivity contribution in [2.45, 2.75) is 11.0 Å². The number of sulfonamides is 1. The van der Waals surface area contributed by atoms with Gasteiger partial charge in [-0.05, 0) is 47.9 Å². The van der Waals surface area contributed by atoms with E-state index in [1.165, 1.54) is 27.8 Å². The Morgan fingerprint density at radius 3 is 2.50 bits per heavy atom. The van der Waals surface area contributed by atoms with Gasteiger partial charge in [0, 0.05) is 35.7 Å². The number of nitrogens with zero attached hydrogens (tertiary/aromatic N) is 2. The van der Waals surface area contributed by atoms with Crippen LogP contribution in [0.4, 0.5) is 0 Å². The maximum atomic E-state index is 13.4. The Morgan fingerprint density at radius 2 is 1.76 bits per heavy atom. The Kier molecular flexibility index (Phi) is 6.05. The summed E-state index contributed by atoms with van der Waals surface area (Å²) in [5.74, 6) is 0.570. The molecule has 3 heterocycles. The molecule has 10 heteroatoms. The molecule has 0 aliphatic carbocycles. The fraction of sp³-hybridized carbons (Fsp3) is 0.167. The lowest BCUT2D eigenvalue weighted by molar-refractivity contribution is -0.00188. The normalized spacial score (nSPS) is 17.0. The number of amides is 1. The van der Waals surface area contributed by atoms with E-state index in [1.807, 2.05) is 24.3 Å². The van der Waals surface area contributed by atoms with Gasteiger partial charge >= 0.3 is 0 Å². The largest absolute Gasteiger partial charge is 0.457 e. The van der Waals surface area contributed by atoms with Crippen LogP contribution < -0.4 is 10.5 Å². The number of benzene rings is 2. The van der Waals surface area contributed by atoms with Crippen molar-refractivity contribution in [3.05, 3.63) is 83.5 Å². The Hall–Kier alpha value is -3.31. The highest BCUT2D eigenvalue weighted by atomic mass is 32.2.